The van der Waals surface area contributed by atoms with E-state index < -0.39 is 34.7 Å². The molecule has 0 saturated carbocycles. The van der Waals surface area contributed by atoms with E-state index in [1.165, 1.54) is 6.26 Å². The summed E-state index contributed by atoms with van der Waals surface area (Å²) in [7, 11) is -1.03. The van der Waals surface area contributed by atoms with Crippen LogP contribution in [0.25, 0.3) is 0 Å². The number of carboxylic acid groups (broad SMARTS) is 1. The lowest BCUT2D eigenvalue weighted by molar-refractivity contribution is -0.139. The van der Waals surface area contributed by atoms with E-state index in [0.29, 0.717) is 0 Å². The summed E-state index contributed by atoms with van der Waals surface area (Å²) in [6.07, 6.45) is 1.29. The number of urea groups is 1. The molecule has 0 heterocycles. The zero-order chi connectivity index (χ0) is 14.1. The zero-order valence-corrected chi connectivity index (χ0v) is 10.8. The molecular formula is C9H17N3O5S. The Bertz CT molecular complexity index is 347. The number of carbonyl (C=O) groups excluding carboxylic acids is 2. The first kappa shape index (κ1) is 16.4. The van der Waals surface area contributed by atoms with Gasteiger partial charge in [-0.05, 0) is 6.42 Å². The monoisotopic (exact) mass is 279 g/mol. The second-order valence-corrected chi connectivity index (χ2v) is 5.13. The number of hydrogen-bond donors (Lipinski definition) is 4. The van der Waals surface area contributed by atoms with Crippen LogP contribution in [0.2, 0.25) is 0 Å². The second kappa shape index (κ2) is 8.45. The average molecular weight is 279 g/mol. The fourth-order valence-corrected chi connectivity index (χ4v) is 1.45. The van der Waals surface area contributed by atoms with E-state index in [1.807, 2.05) is 0 Å². The van der Waals surface area contributed by atoms with Crippen LogP contribution in [0, 0.1) is 0 Å². The molecule has 0 aliphatic rings. The summed E-state index contributed by atoms with van der Waals surface area (Å²) in [4.78, 5) is 32.6. The maximum Gasteiger partial charge on any atom is 0.326 e. The predicted octanol–water partition coefficient (Wildman–Crippen LogP) is -1.62. The second-order valence-electron chi connectivity index (χ2n) is 3.57. The Balaban J connectivity index is 4.07. The van der Waals surface area contributed by atoms with Gasteiger partial charge in [0.2, 0.25) is 5.91 Å². The molecule has 0 aliphatic heterocycles. The van der Waals surface area contributed by atoms with Gasteiger partial charge in [0.1, 0.15) is 6.04 Å². The summed E-state index contributed by atoms with van der Waals surface area (Å²) >= 11 is 0. The predicted molar refractivity (Wildman–Crippen MR) is 65.3 cm³/mol. The molecule has 3 amide bonds. The van der Waals surface area contributed by atoms with Gasteiger partial charge in [0, 0.05) is 35.8 Å². The Morgan fingerprint density at radius 2 is 2.00 bits per heavy atom. The Morgan fingerprint density at radius 1 is 1.39 bits per heavy atom. The first-order valence-electron chi connectivity index (χ1n) is 5.18. The summed E-state index contributed by atoms with van der Waals surface area (Å²) in [6.45, 7) is 0.178. The van der Waals surface area contributed by atoms with E-state index in [0.717, 1.165) is 0 Å². The van der Waals surface area contributed by atoms with Gasteiger partial charge in [-0.2, -0.15) is 0 Å². The lowest BCUT2D eigenvalue weighted by Crippen LogP contribution is -2.47. The topological polar surface area (TPSA) is 139 Å². The van der Waals surface area contributed by atoms with Crippen LogP contribution in [0.15, 0.2) is 0 Å². The van der Waals surface area contributed by atoms with Crippen LogP contribution in [0.4, 0.5) is 4.79 Å². The van der Waals surface area contributed by atoms with E-state index in [1.54, 1.807) is 0 Å². The largest absolute Gasteiger partial charge is 0.480 e. The van der Waals surface area contributed by atoms with Crippen LogP contribution >= 0.6 is 0 Å². The van der Waals surface area contributed by atoms with Gasteiger partial charge >= 0.3 is 12.0 Å². The fraction of sp³-hybridized carbons (Fsp3) is 0.667. The van der Waals surface area contributed by atoms with Crippen molar-refractivity contribution in [2.75, 3.05) is 18.6 Å². The van der Waals surface area contributed by atoms with Crippen molar-refractivity contribution in [3.63, 3.8) is 0 Å². The molecule has 5 N–H and O–H groups in total. The third kappa shape index (κ3) is 8.50. The lowest BCUT2D eigenvalue weighted by Gasteiger charge is -2.14. The minimum Gasteiger partial charge on any atom is -0.480 e. The molecule has 0 aromatic rings. The highest BCUT2D eigenvalue weighted by atomic mass is 32.2. The molecule has 0 fully saturated rings. The number of hydrogen-bond acceptors (Lipinski definition) is 4. The molecule has 104 valence electrons. The number of carboxylic acids is 1. The van der Waals surface area contributed by atoms with Crippen molar-refractivity contribution in [2.45, 2.75) is 18.9 Å². The van der Waals surface area contributed by atoms with E-state index in [4.69, 9.17) is 10.8 Å². The molecule has 0 rings (SSSR count). The quantitative estimate of drug-likeness (QED) is 0.423. The summed E-state index contributed by atoms with van der Waals surface area (Å²) in [5.41, 5.74) is 4.89. The van der Waals surface area contributed by atoms with Crippen LogP contribution in [-0.2, 0) is 20.4 Å². The summed E-state index contributed by atoms with van der Waals surface area (Å²) in [6, 6.07) is -1.86. The average Bonchev–Trinajstić information content (AvgIpc) is 2.22. The number of nitrogens with two attached hydrogens (primary N) is 1. The maximum atomic E-state index is 11.3. The number of nitrogens with one attached hydrogen (secondary N) is 2. The molecule has 1 unspecified atom stereocenters. The Labute approximate surface area is 107 Å². The standard InChI is InChI=1S/C9H17N3O5S/c1-18(17)5-4-11-9(16)12-6(8(14)15)2-3-7(10)13/h6H,2-5H2,1H3,(H2,10,13)(H,14,15)(H2,11,12,16)/t6-,18?/m1/s1. The van der Waals surface area contributed by atoms with Gasteiger partial charge in [0.15, 0.2) is 0 Å². The van der Waals surface area contributed by atoms with Gasteiger partial charge in [-0.3, -0.25) is 9.00 Å². The molecule has 0 aromatic carbocycles. The molecule has 2 atom stereocenters. The van der Waals surface area contributed by atoms with E-state index in [9.17, 15) is 18.6 Å². The van der Waals surface area contributed by atoms with Gasteiger partial charge in [0.05, 0.1) is 0 Å². The molecule has 0 bridgehead atoms. The minimum atomic E-state index is -1.24. The van der Waals surface area contributed by atoms with Gasteiger partial charge in [0.25, 0.3) is 0 Å². The van der Waals surface area contributed by atoms with Crippen molar-refractivity contribution in [2.24, 2.45) is 5.73 Å². The molecule has 0 spiro atoms. The molecule has 0 aromatic heterocycles. The highest BCUT2D eigenvalue weighted by Crippen LogP contribution is 1.97. The van der Waals surface area contributed by atoms with Crippen molar-refractivity contribution in [3.05, 3.63) is 0 Å². The molecule has 0 saturated heterocycles. The van der Waals surface area contributed by atoms with Crippen molar-refractivity contribution < 1.29 is 23.7 Å². The molecule has 18 heavy (non-hydrogen) atoms. The normalized spacial score (nSPS) is 13.4. The Kier molecular flexibility index (Phi) is 7.68. The minimum absolute atomic E-state index is 0.0716. The zero-order valence-electron chi connectivity index (χ0n) is 9.97. The van der Waals surface area contributed by atoms with Gasteiger partial charge in [-0.15, -0.1) is 0 Å². The van der Waals surface area contributed by atoms with Crippen LogP contribution < -0.4 is 16.4 Å². The van der Waals surface area contributed by atoms with Crippen LogP contribution in [-0.4, -0.2) is 51.8 Å². The van der Waals surface area contributed by atoms with Crippen molar-refractivity contribution in [1.82, 2.24) is 10.6 Å². The third-order valence-corrected chi connectivity index (χ3v) is 2.74. The molecule has 0 radical (unpaired) electrons. The van der Waals surface area contributed by atoms with Crippen LogP contribution in [0.5, 0.6) is 0 Å². The highest BCUT2D eigenvalue weighted by Gasteiger charge is 2.20. The van der Waals surface area contributed by atoms with E-state index >= 15 is 0 Å². The molecule has 0 aliphatic carbocycles. The van der Waals surface area contributed by atoms with Crippen molar-refractivity contribution in [1.29, 1.82) is 0 Å². The van der Waals surface area contributed by atoms with E-state index in [2.05, 4.69) is 10.6 Å². The van der Waals surface area contributed by atoms with Crippen molar-refractivity contribution >= 4 is 28.7 Å². The number of rotatable bonds is 8. The number of aliphatic carboxylic acids is 1. The molecule has 8 nitrogen and oxygen atoms in total. The number of amides is 3. The molecule has 9 heteroatoms. The van der Waals surface area contributed by atoms with Gasteiger partial charge in [-0.1, -0.05) is 0 Å². The SMILES string of the molecule is CS(=O)CCNC(=O)N[C@H](CCC(N)=O)C(=O)O. The van der Waals surface area contributed by atoms with Gasteiger partial charge in [-0.25, -0.2) is 9.59 Å². The maximum absolute atomic E-state index is 11.3. The Hall–Kier alpha value is -1.64. The summed E-state index contributed by atoms with van der Waals surface area (Å²) < 4.78 is 10.7. The van der Waals surface area contributed by atoms with Crippen LogP contribution in [0.1, 0.15) is 12.8 Å². The summed E-state index contributed by atoms with van der Waals surface area (Å²) in [5, 5.41) is 13.4. The lowest BCUT2D eigenvalue weighted by atomic mass is 10.1. The summed E-state index contributed by atoms with van der Waals surface area (Å²) in [5.74, 6) is -1.60. The number of carbonyl (C=O) groups is 3. The van der Waals surface area contributed by atoms with Crippen molar-refractivity contribution in [3.8, 4) is 0 Å². The first-order chi connectivity index (χ1) is 8.32. The first-order valence-corrected chi connectivity index (χ1v) is 6.91. The fourth-order valence-electron chi connectivity index (χ4n) is 1.06. The third-order valence-electron chi connectivity index (χ3n) is 1.96. The van der Waals surface area contributed by atoms with Crippen LogP contribution in [0.3, 0.4) is 0 Å². The number of primary amides is 1. The smallest absolute Gasteiger partial charge is 0.326 e. The Morgan fingerprint density at radius 3 is 2.44 bits per heavy atom. The molecular weight excluding hydrogens is 262 g/mol. The highest BCUT2D eigenvalue weighted by molar-refractivity contribution is 7.84. The van der Waals surface area contributed by atoms with Gasteiger partial charge < -0.3 is 21.5 Å². The van der Waals surface area contributed by atoms with E-state index in [-0.39, 0.29) is 25.1 Å².